The highest BCUT2D eigenvalue weighted by atomic mass is 16.5. The minimum atomic E-state index is 0.844. The highest BCUT2D eigenvalue weighted by Crippen LogP contribution is 2.19. The molecule has 0 spiro atoms. The van der Waals surface area contributed by atoms with E-state index in [-0.39, 0.29) is 0 Å². The predicted octanol–water partition coefficient (Wildman–Crippen LogP) is 2.42. The standard InChI is InChI=1S/C17H27N3O/c1-2-10-19(9-1)11-3-8-18-16-4-6-17(7-5-16)20-12-14-21-15-13-20/h4-7,18H,1-3,8-15H2. The van der Waals surface area contributed by atoms with E-state index in [0.717, 1.165) is 32.8 Å². The molecule has 2 heterocycles. The number of nitrogens with one attached hydrogen (secondary N) is 1. The van der Waals surface area contributed by atoms with Crippen LogP contribution in [0.25, 0.3) is 0 Å². The number of rotatable bonds is 6. The van der Waals surface area contributed by atoms with E-state index in [9.17, 15) is 0 Å². The Morgan fingerprint density at radius 3 is 2.38 bits per heavy atom. The molecule has 1 aromatic rings. The van der Waals surface area contributed by atoms with Crippen molar-refractivity contribution in [1.29, 1.82) is 0 Å². The van der Waals surface area contributed by atoms with Gasteiger partial charge in [-0.05, 0) is 63.2 Å². The number of hydrogen-bond donors (Lipinski definition) is 1. The number of likely N-dealkylation sites (tertiary alicyclic amines) is 1. The molecule has 21 heavy (non-hydrogen) atoms. The summed E-state index contributed by atoms with van der Waals surface area (Å²) in [6.45, 7) is 8.59. The average Bonchev–Trinajstić information content (AvgIpc) is 3.06. The van der Waals surface area contributed by atoms with Gasteiger partial charge in [-0.1, -0.05) is 0 Å². The molecule has 2 fully saturated rings. The van der Waals surface area contributed by atoms with Gasteiger partial charge in [0.15, 0.2) is 0 Å². The van der Waals surface area contributed by atoms with Crippen molar-refractivity contribution < 1.29 is 4.74 Å². The summed E-state index contributed by atoms with van der Waals surface area (Å²) in [5, 5.41) is 3.53. The molecule has 0 radical (unpaired) electrons. The van der Waals surface area contributed by atoms with E-state index >= 15 is 0 Å². The van der Waals surface area contributed by atoms with Crippen molar-refractivity contribution >= 4 is 11.4 Å². The Bertz CT molecular complexity index is 409. The van der Waals surface area contributed by atoms with Crippen molar-refractivity contribution in [2.75, 3.05) is 62.7 Å². The minimum absolute atomic E-state index is 0.844. The Kier molecular flexibility index (Phi) is 5.35. The summed E-state index contributed by atoms with van der Waals surface area (Å²) in [4.78, 5) is 4.96. The van der Waals surface area contributed by atoms with Gasteiger partial charge in [-0.3, -0.25) is 0 Å². The minimum Gasteiger partial charge on any atom is -0.385 e. The third-order valence-corrected chi connectivity index (χ3v) is 4.42. The zero-order chi connectivity index (χ0) is 14.3. The van der Waals surface area contributed by atoms with Crippen molar-refractivity contribution in [1.82, 2.24) is 4.90 Å². The summed E-state index contributed by atoms with van der Waals surface area (Å²) in [5.74, 6) is 0. The van der Waals surface area contributed by atoms with Crippen LogP contribution in [-0.4, -0.2) is 57.4 Å². The number of anilines is 2. The van der Waals surface area contributed by atoms with Gasteiger partial charge in [-0.25, -0.2) is 0 Å². The van der Waals surface area contributed by atoms with Gasteiger partial charge in [0.2, 0.25) is 0 Å². The Hall–Kier alpha value is -1.26. The van der Waals surface area contributed by atoms with E-state index in [4.69, 9.17) is 4.74 Å². The fraction of sp³-hybridized carbons (Fsp3) is 0.647. The van der Waals surface area contributed by atoms with Gasteiger partial charge in [0.25, 0.3) is 0 Å². The van der Waals surface area contributed by atoms with Gasteiger partial charge < -0.3 is 19.9 Å². The first-order valence-electron chi connectivity index (χ1n) is 8.31. The van der Waals surface area contributed by atoms with Gasteiger partial charge >= 0.3 is 0 Å². The molecule has 0 saturated carbocycles. The molecule has 3 rings (SSSR count). The van der Waals surface area contributed by atoms with Gasteiger partial charge in [-0.2, -0.15) is 0 Å². The second-order valence-electron chi connectivity index (χ2n) is 5.98. The summed E-state index contributed by atoms with van der Waals surface area (Å²) < 4.78 is 5.39. The smallest absolute Gasteiger partial charge is 0.0642 e. The van der Waals surface area contributed by atoms with Crippen molar-refractivity contribution in [3.05, 3.63) is 24.3 Å². The van der Waals surface area contributed by atoms with Crippen LogP contribution in [0.3, 0.4) is 0 Å². The molecule has 4 heteroatoms. The lowest BCUT2D eigenvalue weighted by Crippen LogP contribution is -2.36. The molecule has 0 unspecified atom stereocenters. The Morgan fingerprint density at radius 2 is 1.67 bits per heavy atom. The molecule has 0 bridgehead atoms. The second-order valence-corrected chi connectivity index (χ2v) is 5.98. The van der Waals surface area contributed by atoms with Crippen molar-refractivity contribution in [2.24, 2.45) is 0 Å². The van der Waals surface area contributed by atoms with E-state index in [2.05, 4.69) is 39.4 Å². The third-order valence-electron chi connectivity index (χ3n) is 4.42. The van der Waals surface area contributed by atoms with Crippen molar-refractivity contribution in [3.8, 4) is 0 Å². The molecule has 116 valence electrons. The SMILES string of the molecule is c1cc(N2CCOCC2)ccc1NCCCN1CCCC1. The lowest BCUT2D eigenvalue weighted by Gasteiger charge is -2.29. The van der Waals surface area contributed by atoms with Crippen LogP contribution in [0.15, 0.2) is 24.3 Å². The van der Waals surface area contributed by atoms with Crippen LogP contribution < -0.4 is 10.2 Å². The first-order chi connectivity index (χ1) is 10.4. The Morgan fingerprint density at radius 1 is 0.952 bits per heavy atom. The molecule has 1 aromatic carbocycles. The summed E-state index contributed by atoms with van der Waals surface area (Å²) in [7, 11) is 0. The second kappa shape index (κ2) is 7.66. The zero-order valence-corrected chi connectivity index (χ0v) is 12.9. The molecule has 0 atom stereocenters. The molecule has 0 aromatic heterocycles. The lowest BCUT2D eigenvalue weighted by molar-refractivity contribution is 0.122. The molecular weight excluding hydrogens is 262 g/mol. The van der Waals surface area contributed by atoms with Gasteiger partial charge in [-0.15, -0.1) is 0 Å². The first-order valence-corrected chi connectivity index (χ1v) is 8.31. The lowest BCUT2D eigenvalue weighted by atomic mass is 10.2. The maximum atomic E-state index is 5.39. The highest BCUT2D eigenvalue weighted by Gasteiger charge is 2.11. The average molecular weight is 289 g/mol. The van der Waals surface area contributed by atoms with Gasteiger partial charge in [0.1, 0.15) is 0 Å². The van der Waals surface area contributed by atoms with Crippen LogP contribution in [-0.2, 0) is 4.74 Å². The number of morpholine rings is 1. The van der Waals surface area contributed by atoms with Crippen LogP contribution in [0, 0.1) is 0 Å². The van der Waals surface area contributed by atoms with Crippen LogP contribution in [0.2, 0.25) is 0 Å². The molecule has 2 aliphatic rings. The summed E-state index contributed by atoms with van der Waals surface area (Å²) in [6, 6.07) is 8.82. The summed E-state index contributed by atoms with van der Waals surface area (Å²) in [5.41, 5.74) is 2.54. The maximum absolute atomic E-state index is 5.39. The Balaban J connectivity index is 1.39. The number of nitrogens with zero attached hydrogens (tertiary/aromatic N) is 2. The first kappa shape index (κ1) is 14.7. The predicted molar refractivity (Wildman–Crippen MR) is 88.3 cm³/mol. The van der Waals surface area contributed by atoms with E-state index in [1.54, 1.807) is 0 Å². The summed E-state index contributed by atoms with van der Waals surface area (Å²) in [6.07, 6.45) is 4.00. The van der Waals surface area contributed by atoms with E-state index in [1.165, 1.54) is 50.3 Å². The van der Waals surface area contributed by atoms with Crippen LogP contribution in [0.1, 0.15) is 19.3 Å². The van der Waals surface area contributed by atoms with Crippen LogP contribution >= 0.6 is 0 Å². The van der Waals surface area contributed by atoms with E-state index in [1.807, 2.05) is 0 Å². The maximum Gasteiger partial charge on any atom is 0.0642 e. The number of benzene rings is 1. The Labute approximate surface area is 128 Å². The molecule has 2 aliphatic heterocycles. The van der Waals surface area contributed by atoms with Crippen LogP contribution in [0.4, 0.5) is 11.4 Å². The highest BCUT2D eigenvalue weighted by molar-refractivity contribution is 5.55. The van der Waals surface area contributed by atoms with E-state index in [0.29, 0.717) is 0 Å². The molecule has 1 N–H and O–H groups in total. The van der Waals surface area contributed by atoms with Crippen LogP contribution in [0.5, 0.6) is 0 Å². The molecular formula is C17H27N3O. The fourth-order valence-electron chi connectivity index (χ4n) is 3.15. The zero-order valence-electron chi connectivity index (χ0n) is 12.9. The van der Waals surface area contributed by atoms with E-state index < -0.39 is 0 Å². The molecule has 2 saturated heterocycles. The molecule has 0 amide bonds. The van der Waals surface area contributed by atoms with Crippen molar-refractivity contribution in [2.45, 2.75) is 19.3 Å². The third kappa shape index (κ3) is 4.35. The number of hydrogen-bond acceptors (Lipinski definition) is 4. The van der Waals surface area contributed by atoms with Crippen molar-refractivity contribution in [3.63, 3.8) is 0 Å². The van der Waals surface area contributed by atoms with Gasteiger partial charge in [0, 0.05) is 31.0 Å². The fourth-order valence-corrected chi connectivity index (χ4v) is 3.15. The monoisotopic (exact) mass is 289 g/mol. The topological polar surface area (TPSA) is 27.7 Å². The van der Waals surface area contributed by atoms with Gasteiger partial charge in [0.05, 0.1) is 13.2 Å². The molecule has 0 aliphatic carbocycles. The quantitative estimate of drug-likeness (QED) is 0.814. The normalized spacial score (nSPS) is 19.9. The number of ether oxygens (including phenoxy) is 1. The largest absolute Gasteiger partial charge is 0.385 e. The summed E-state index contributed by atoms with van der Waals surface area (Å²) >= 11 is 0. The molecule has 4 nitrogen and oxygen atoms in total.